The molecule has 0 bridgehead atoms. The zero-order valence-electron chi connectivity index (χ0n) is 8.46. The first kappa shape index (κ1) is 10.1. The quantitative estimate of drug-likeness (QED) is 0.695. The second kappa shape index (κ2) is 4.39. The Hall–Kier alpha value is -1.43. The van der Waals surface area contributed by atoms with Crippen molar-refractivity contribution < 1.29 is 9.90 Å². The average molecular weight is 210 g/mol. The van der Waals surface area contributed by atoms with E-state index in [2.05, 4.69) is 10.3 Å². The number of aliphatic hydroxyl groups is 1. The summed E-state index contributed by atoms with van der Waals surface area (Å²) >= 11 is 0. The first-order valence-corrected chi connectivity index (χ1v) is 5.07. The van der Waals surface area contributed by atoms with E-state index < -0.39 is 0 Å². The van der Waals surface area contributed by atoms with Crippen molar-refractivity contribution in [1.82, 2.24) is 19.9 Å². The van der Waals surface area contributed by atoms with Crippen LogP contribution in [0.5, 0.6) is 0 Å². The van der Waals surface area contributed by atoms with Gasteiger partial charge in [0.1, 0.15) is 6.54 Å². The summed E-state index contributed by atoms with van der Waals surface area (Å²) in [6.07, 6.45) is 3.28. The molecule has 0 saturated carbocycles. The minimum absolute atomic E-state index is 0.0543. The molecule has 2 heterocycles. The van der Waals surface area contributed by atoms with Crippen LogP contribution in [0.1, 0.15) is 12.1 Å². The number of likely N-dealkylation sites (tertiary alicyclic amines) is 1. The van der Waals surface area contributed by atoms with Crippen LogP contribution in [0.3, 0.4) is 0 Å². The number of aliphatic hydroxyl groups excluding tert-OH is 1. The van der Waals surface area contributed by atoms with Gasteiger partial charge in [0, 0.05) is 32.3 Å². The zero-order valence-corrected chi connectivity index (χ0v) is 8.46. The number of hydrogen-bond donors (Lipinski definition) is 1. The van der Waals surface area contributed by atoms with Gasteiger partial charge >= 0.3 is 0 Å². The fraction of sp³-hybridized carbons (Fsp3) is 0.667. The Bertz CT molecular complexity index is 346. The summed E-state index contributed by atoms with van der Waals surface area (Å²) in [4.78, 5) is 13.3. The molecule has 82 valence electrons. The Kier molecular flexibility index (Phi) is 2.96. The maximum atomic E-state index is 11.5. The van der Waals surface area contributed by atoms with E-state index in [1.54, 1.807) is 11.1 Å². The lowest BCUT2D eigenvalue weighted by Gasteiger charge is -2.30. The Morgan fingerprint density at radius 2 is 2.33 bits per heavy atom. The van der Waals surface area contributed by atoms with Crippen LogP contribution in [-0.2, 0) is 17.8 Å². The van der Waals surface area contributed by atoms with Crippen LogP contribution in [0.25, 0.3) is 0 Å². The molecule has 1 amide bonds. The van der Waals surface area contributed by atoms with Crippen LogP contribution >= 0.6 is 0 Å². The fourth-order valence-corrected chi connectivity index (χ4v) is 1.45. The average Bonchev–Trinajstić information content (AvgIpc) is 2.49. The molecule has 0 spiro atoms. The number of carbonyl (C=O) groups excluding carboxylic acids is 1. The van der Waals surface area contributed by atoms with Gasteiger partial charge in [0.2, 0.25) is 5.91 Å². The highest BCUT2D eigenvalue weighted by Crippen LogP contribution is 2.06. The monoisotopic (exact) mass is 210 g/mol. The van der Waals surface area contributed by atoms with Crippen LogP contribution < -0.4 is 0 Å². The molecule has 1 aromatic heterocycles. The smallest absolute Gasteiger partial charge is 0.244 e. The normalized spacial score (nSPS) is 15.1. The Morgan fingerprint density at radius 1 is 1.53 bits per heavy atom. The van der Waals surface area contributed by atoms with Crippen molar-refractivity contribution in [2.75, 3.05) is 19.7 Å². The highest BCUT2D eigenvalue weighted by molar-refractivity contribution is 5.76. The van der Waals surface area contributed by atoms with Gasteiger partial charge < -0.3 is 10.0 Å². The van der Waals surface area contributed by atoms with Crippen molar-refractivity contribution in [2.45, 2.75) is 19.4 Å². The van der Waals surface area contributed by atoms with E-state index in [1.165, 1.54) is 4.68 Å². The lowest BCUT2D eigenvalue weighted by atomic mass is 10.2. The van der Waals surface area contributed by atoms with E-state index in [0.717, 1.165) is 19.5 Å². The van der Waals surface area contributed by atoms with Crippen LogP contribution in [0.15, 0.2) is 6.20 Å². The second-order valence-electron chi connectivity index (χ2n) is 3.62. The molecule has 15 heavy (non-hydrogen) atoms. The zero-order chi connectivity index (χ0) is 10.7. The van der Waals surface area contributed by atoms with E-state index in [9.17, 15) is 4.79 Å². The van der Waals surface area contributed by atoms with E-state index in [1.807, 2.05) is 0 Å². The maximum Gasteiger partial charge on any atom is 0.244 e. The number of hydrogen-bond acceptors (Lipinski definition) is 4. The third-order valence-electron chi connectivity index (χ3n) is 2.46. The highest BCUT2D eigenvalue weighted by Gasteiger charge is 2.20. The molecule has 0 atom stereocenters. The van der Waals surface area contributed by atoms with E-state index in [-0.39, 0.29) is 19.1 Å². The molecule has 2 rings (SSSR count). The Labute approximate surface area is 87.5 Å². The number of carbonyl (C=O) groups is 1. The first-order chi connectivity index (χ1) is 7.29. The number of rotatable bonds is 4. The van der Waals surface area contributed by atoms with Crippen molar-refractivity contribution in [1.29, 1.82) is 0 Å². The van der Waals surface area contributed by atoms with Gasteiger partial charge in [-0.3, -0.25) is 4.79 Å². The molecule has 1 saturated heterocycles. The first-order valence-electron chi connectivity index (χ1n) is 5.07. The Balaban J connectivity index is 1.89. The fourth-order valence-electron chi connectivity index (χ4n) is 1.45. The van der Waals surface area contributed by atoms with Crippen LogP contribution in [-0.4, -0.2) is 50.6 Å². The van der Waals surface area contributed by atoms with Gasteiger partial charge in [-0.05, 0) is 6.42 Å². The molecule has 0 radical (unpaired) electrons. The van der Waals surface area contributed by atoms with Gasteiger partial charge in [-0.1, -0.05) is 5.21 Å². The minimum Gasteiger partial charge on any atom is -0.396 e. The lowest BCUT2D eigenvalue weighted by Crippen LogP contribution is -2.43. The van der Waals surface area contributed by atoms with Crippen molar-refractivity contribution in [2.24, 2.45) is 0 Å². The molecule has 0 unspecified atom stereocenters. The third-order valence-corrected chi connectivity index (χ3v) is 2.46. The molecule has 0 aromatic carbocycles. The van der Waals surface area contributed by atoms with Gasteiger partial charge in [0.25, 0.3) is 0 Å². The molecule has 1 fully saturated rings. The number of aromatic nitrogens is 3. The summed E-state index contributed by atoms with van der Waals surface area (Å²) in [5, 5.41) is 16.4. The molecule has 6 nitrogen and oxygen atoms in total. The topological polar surface area (TPSA) is 71.2 Å². The highest BCUT2D eigenvalue weighted by atomic mass is 16.3. The van der Waals surface area contributed by atoms with Gasteiger partial charge in [-0.15, -0.1) is 5.10 Å². The number of amides is 1. The predicted octanol–water partition coefficient (Wildman–Crippen LogP) is -0.955. The van der Waals surface area contributed by atoms with E-state index >= 15 is 0 Å². The van der Waals surface area contributed by atoms with Gasteiger partial charge in [-0.2, -0.15) is 0 Å². The SMILES string of the molecule is O=C(Cn1cc(CCO)nn1)N1CCC1. The van der Waals surface area contributed by atoms with Gasteiger partial charge in [0.15, 0.2) is 0 Å². The largest absolute Gasteiger partial charge is 0.396 e. The summed E-state index contributed by atoms with van der Waals surface area (Å²) < 4.78 is 1.52. The summed E-state index contributed by atoms with van der Waals surface area (Å²) in [6.45, 7) is 2.02. The summed E-state index contributed by atoms with van der Waals surface area (Å²) in [7, 11) is 0. The molecule has 1 aromatic rings. The molecule has 1 N–H and O–H groups in total. The molecular weight excluding hydrogens is 196 g/mol. The van der Waals surface area contributed by atoms with Crippen molar-refractivity contribution in [3.05, 3.63) is 11.9 Å². The van der Waals surface area contributed by atoms with Crippen molar-refractivity contribution in [3.63, 3.8) is 0 Å². The van der Waals surface area contributed by atoms with Gasteiger partial charge in [-0.25, -0.2) is 4.68 Å². The summed E-state index contributed by atoms with van der Waals surface area (Å²) in [6, 6.07) is 0. The standard InChI is InChI=1S/C9H14N4O2/c14-5-2-8-6-13(11-10-8)7-9(15)12-3-1-4-12/h6,14H,1-5,7H2. The van der Waals surface area contributed by atoms with Crippen LogP contribution in [0.2, 0.25) is 0 Å². The minimum atomic E-state index is 0.0543. The predicted molar refractivity (Wildman–Crippen MR) is 52.0 cm³/mol. The molecule has 1 aliphatic heterocycles. The molecular formula is C9H14N4O2. The Morgan fingerprint density at radius 3 is 2.93 bits per heavy atom. The number of nitrogens with zero attached hydrogens (tertiary/aromatic N) is 4. The van der Waals surface area contributed by atoms with Crippen molar-refractivity contribution >= 4 is 5.91 Å². The molecule has 1 aliphatic rings. The second-order valence-corrected chi connectivity index (χ2v) is 3.62. The lowest BCUT2D eigenvalue weighted by molar-refractivity contribution is -0.135. The third kappa shape index (κ3) is 2.33. The summed E-state index contributed by atoms with van der Waals surface area (Å²) in [5.74, 6) is 0.0849. The van der Waals surface area contributed by atoms with E-state index in [4.69, 9.17) is 5.11 Å². The summed E-state index contributed by atoms with van der Waals surface area (Å²) in [5.41, 5.74) is 0.717. The van der Waals surface area contributed by atoms with Crippen LogP contribution in [0, 0.1) is 0 Å². The van der Waals surface area contributed by atoms with Gasteiger partial charge in [0.05, 0.1) is 5.69 Å². The maximum absolute atomic E-state index is 11.5. The molecule has 6 heteroatoms. The van der Waals surface area contributed by atoms with E-state index in [0.29, 0.717) is 12.1 Å². The molecule has 0 aliphatic carbocycles. The van der Waals surface area contributed by atoms with Crippen LogP contribution in [0.4, 0.5) is 0 Å². The van der Waals surface area contributed by atoms with Crippen molar-refractivity contribution in [3.8, 4) is 0 Å².